The standard InChI is InChI=1S/C13H14ClFO2/c14-9-4-3-5-10(15)12(9)13(8-11(16)17)6-1-2-7-13/h3-5H,1-2,6-8H2,(H,16,17). The second kappa shape index (κ2) is 4.65. The van der Waals surface area contributed by atoms with Gasteiger partial charge in [0.05, 0.1) is 6.42 Å². The molecule has 1 aliphatic carbocycles. The van der Waals surface area contributed by atoms with Gasteiger partial charge in [-0.1, -0.05) is 30.5 Å². The Morgan fingerprint density at radius 3 is 2.59 bits per heavy atom. The Balaban J connectivity index is 2.49. The van der Waals surface area contributed by atoms with Crippen molar-refractivity contribution in [1.29, 1.82) is 0 Å². The van der Waals surface area contributed by atoms with E-state index in [1.165, 1.54) is 6.07 Å². The molecule has 0 spiro atoms. The number of carbonyl (C=O) groups is 1. The second-order valence-corrected chi connectivity index (χ2v) is 5.06. The smallest absolute Gasteiger partial charge is 0.304 e. The van der Waals surface area contributed by atoms with Crippen LogP contribution < -0.4 is 0 Å². The normalized spacial score (nSPS) is 18.2. The minimum absolute atomic E-state index is 0.0480. The van der Waals surface area contributed by atoms with Crippen molar-refractivity contribution in [3.63, 3.8) is 0 Å². The monoisotopic (exact) mass is 256 g/mol. The van der Waals surface area contributed by atoms with Gasteiger partial charge in [0.1, 0.15) is 5.82 Å². The molecule has 1 saturated carbocycles. The summed E-state index contributed by atoms with van der Waals surface area (Å²) in [5.41, 5.74) is -0.226. The van der Waals surface area contributed by atoms with Crippen LogP contribution in [0.2, 0.25) is 5.02 Å². The molecule has 0 heterocycles. The van der Waals surface area contributed by atoms with Crippen molar-refractivity contribution in [3.8, 4) is 0 Å². The summed E-state index contributed by atoms with van der Waals surface area (Å²) >= 11 is 6.05. The molecular weight excluding hydrogens is 243 g/mol. The average molecular weight is 257 g/mol. The first-order valence-electron chi connectivity index (χ1n) is 5.71. The van der Waals surface area contributed by atoms with E-state index in [2.05, 4.69) is 0 Å². The maximum atomic E-state index is 13.9. The van der Waals surface area contributed by atoms with Gasteiger partial charge in [-0.15, -0.1) is 0 Å². The molecule has 17 heavy (non-hydrogen) atoms. The lowest BCUT2D eigenvalue weighted by molar-refractivity contribution is -0.138. The van der Waals surface area contributed by atoms with Gasteiger partial charge in [0.2, 0.25) is 0 Å². The van der Waals surface area contributed by atoms with Crippen molar-refractivity contribution in [2.45, 2.75) is 37.5 Å². The third-order valence-electron chi connectivity index (χ3n) is 3.54. The highest BCUT2D eigenvalue weighted by molar-refractivity contribution is 6.31. The highest BCUT2D eigenvalue weighted by Gasteiger charge is 2.40. The zero-order chi connectivity index (χ0) is 12.5. The van der Waals surface area contributed by atoms with E-state index in [1.807, 2.05) is 0 Å². The molecule has 1 aliphatic rings. The van der Waals surface area contributed by atoms with E-state index in [9.17, 15) is 9.18 Å². The molecule has 1 aromatic rings. The molecule has 0 aliphatic heterocycles. The Morgan fingerprint density at radius 1 is 1.41 bits per heavy atom. The summed E-state index contributed by atoms with van der Waals surface area (Å²) in [6.45, 7) is 0. The Morgan fingerprint density at radius 2 is 2.06 bits per heavy atom. The fraction of sp³-hybridized carbons (Fsp3) is 0.462. The minimum atomic E-state index is -0.897. The fourth-order valence-corrected chi connectivity index (χ4v) is 3.22. The number of halogens is 2. The summed E-state index contributed by atoms with van der Waals surface area (Å²) < 4.78 is 13.9. The van der Waals surface area contributed by atoms with Gasteiger partial charge >= 0.3 is 5.97 Å². The first kappa shape index (κ1) is 12.4. The number of carboxylic acids is 1. The Kier molecular flexibility index (Phi) is 3.38. The predicted octanol–water partition coefficient (Wildman–Crippen LogP) is 3.77. The van der Waals surface area contributed by atoms with Crippen LogP contribution in [0.4, 0.5) is 4.39 Å². The molecule has 2 nitrogen and oxygen atoms in total. The van der Waals surface area contributed by atoms with Crippen molar-refractivity contribution in [1.82, 2.24) is 0 Å². The highest BCUT2D eigenvalue weighted by atomic mass is 35.5. The van der Waals surface area contributed by atoms with Crippen molar-refractivity contribution < 1.29 is 14.3 Å². The summed E-state index contributed by atoms with van der Waals surface area (Å²) in [5, 5.41) is 9.36. The third-order valence-corrected chi connectivity index (χ3v) is 3.86. The fourth-order valence-electron chi connectivity index (χ4n) is 2.86. The molecule has 1 aromatic carbocycles. The van der Waals surface area contributed by atoms with E-state index in [-0.39, 0.29) is 12.2 Å². The zero-order valence-corrected chi connectivity index (χ0v) is 10.1. The maximum Gasteiger partial charge on any atom is 0.304 e. The van der Waals surface area contributed by atoms with E-state index >= 15 is 0 Å². The van der Waals surface area contributed by atoms with Gasteiger partial charge in [-0.3, -0.25) is 4.79 Å². The van der Waals surface area contributed by atoms with Gasteiger partial charge in [-0.25, -0.2) is 4.39 Å². The van der Waals surface area contributed by atoms with Crippen LogP contribution in [0.5, 0.6) is 0 Å². The number of benzene rings is 1. The van der Waals surface area contributed by atoms with Crippen LogP contribution in [0.15, 0.2) is 18.2 Å². The topological polar surface area (TPSA) is 37.3 Å². The highest BCUT2D eigenvalue weighted by Crippen LogP contribution is 2.47. The number of hydrogen-bond acceptors (Lipinski definition) is 1. The third kappa shape index (κ3) is 2.29. The lowest BCUT2D eigenvalue weighted by Gasteiger charge is -2.29. The van der Waals surface area contributed by atoms with Gasteiger partial charge in [-0.05, 0) is 25.0 Å². The molecule has 2 rings (SSSR count). The van der Waals surface area contributed by atoms with Crippen LogP contribution in [-0.4, -0.2) is 11.1 Å². The number of rotatable bonds is 3. The summed E-state index contributed by atoms with van der Waals surface area (Å²) in [7, 11) is 0. The molecular formula is C13H14ClFO2. The van der Waals surface area contributed by atoms with E-state index in [0.29, 0.717) is 23.4 Å². The number of carboxylic acid groups (broad SMARTS) is 1. The predicted molar refractivity (Wildman–Crippen MR) is 63.8 cm³/mol. The summed E-state index contributed by atoms with van der Waals surface area (Å²) in [6, 6.07) is 4.52. The first-order valence-corrected chi connectivity index (χ1v) is 6.09. The van der Waals surface area contributed by atoms with Crippen LogP contribution in [0.3, 0.4) is 0 Å². The SMILES string of the molecule is O=C(O)CC1(c2c(F)cccc2Cl)CCCC1. The largest absolute Gasteiger partial charge is 0.481 e. The molecule has 0 radical (unpaired) electrons. The molecule has 0 amide bonds. The molecule has 0 atom stereocenters. The summed E-state index contributed by atoms with van der Waals surface area (Å²) in [6.07, 6.45) is 3.20. The van der Waals surface area contributed by atoms with Gasteiger partial charge in [-0.2, -0.15) is 0 Å². The molecule has 92 valence electrons. The lowest BCUT2D eigenvalue weighted by atomic mass is 9.76. The maximum absolute atomic E-state index is 13.9. The van der Waals surface area contributed by atoms with Gasteiger partial charge in [0.25, 0.3) is 0 Å². The van der Waals surface area contributed by atoms with Crippen molar-refractivity contribution in [3.05, 3.63) is 34.6 Å². The summed E-state index contributed by atoms with van der Waals surface area (Å²) in [4.78, 5) is 11.0. The van der Waals surface area contributed by atoms with Crippen molar-refractivity contribution in [2.24, 2.45) is 0 Å². The number of aliphatic carboxylic acids is 1. The van der Waals surface area contributed by atoms with Crippen molar-refractivity contribution in [2.75, 3.05) is 0 Å². The average Bonchev–Trinajstić information content (AvgIpc) is 2.65. The number of hydrogen-bond donors (Lipinski definition) is 1. The molecule has 4 heteroatoms. The van der Waals surface area contributed by atoms with E-state index in [1.54, 1.807) is 12.1 Å². The molecule has 1 N–H and O–H groups in total. The molecule has 0 unspecified atom stereocenters. The van der Waals surface area contributed by atoms with Crippen molar-refractivity contribution >= 4 is 17.6 Å². The van der Waals surface area contributed by atoms with E-state index in [4.69, 9.17) is 16.7 Å². The van der Waals surface area contributed by atoms with Crippen LogP contribution in [0, 0.1) is 5.82 Å². The second-order valence-electron chi connectivity index (χ2n) is 4.65. The molecule has 0 aromatic heterocycles. The van der Waals surface area contributed by atoms with E-state index < -0.39 is 11.4 Å². The quantitative estimate of drug-likeness (QED) is 0.894. The molecule has 0 bridgehead atoms. The van der Waals surface area contributed by atoms with E-state index in [0.717, 1.165) is 12.8 Å². The van der Waals surface area contributed by atoms with Crippen LogP contribution >= 0.6 is 11.6 Å². The Bertz CT molecular complexity index is 419. The molecule has 0 saturated heterocycles. The van der Waals surface area contributed by atoms with Crippen LogP contribution in [0.1, 0.15) is 37.7 Å². The zero-order valence-electron chi connectivity index (χ0n) is 9.38. The van der Waals surface area contributed by atoms with Crippen LogP contribution in [-0.2, 0) is 10.2 Å². The van der Waals surface area contributed by atoms with Crippen LogP contribution in [0.25, 0.3) is 0 Å². The van der Waals surface area contributed by atoms with Gasteiger partial charge in [0.15, 0.2) is 0 Å². The molecule has 1 fully saturated rings. The first-order chi connectivity index (χ1) is 8.05. The Labute approximate surface area is 104 Å². The minimum Gasteiger partial charge on any atom is -0.481 e. The Hall–Kier alpha value is -1.09. The van der Waals surface area contributed by atoms with Gasteiger partial charge < -0.3 is 5.11 Å². The lowest BCUT2D eigenvalue weighted by Crippen LogP contribution is -2.27. The summed E-state index contributed by atoms with van der Waals surface area (Å²) in [5.74, 6) is -1.29. The van der Waals surface area contributed by atoms with Gasteiger partial charge in [0, 0.05) is 16.0 Å².